The van der Waals surface area contributed by atoms with E-state index < -0.39 is 0 Å². The number of anilines is 1. The van der Waals surface area contributed by atoms with Crippen molar-refractivity contribution in [3.8, 4) is 0 Å². The van der Waals surface area contributed by atoms with Crippen LogP contribution >= 0.6 is 0 Å². The van der Waals surface area contributed by atoms with Crippen LogP contribution < -0.4 is 10.2 Å². The first kappa shape index (κ1) is 16.1. The average molecular weight is 336 g/mol. The number of hydrogen-bond acceptors (Lipinski definition) is 4. The molecule has 5 heteroatoms. The van der Waals surface area contributed by atoms with Gasteiger partial charge in [-0.15, -0.1) is 0 Å². The lowest BCUT2D eigenvalue weighted by molar-refractivity contribution is -0.119. The van der Waals surface area contributed by atoms with Gasteiger partial charge in [-0.05, 0) is 30.4 Å². The number of nitrogens with zero attached hydrogens (tertiary/aromatic N) is 3. The van der Waals surface area contributed by atoms with Crippen molar-refractivity contribution in [1.82, 2.24) is 15.3 Å². The van der Waals surface area contributed by atoms with Gasteiger partial charge in [0.15, 0.2) is 0 Å². The number of nitrogens with one attached hydrogen (secondary N) is 1. The second-order valence-electron chi connectivity index (χ2n) is 7.10. The normalized spacial score (nSPS) is 22.2. The molecule has 0 bridgehead atoms. The van der Waals surface area contributed by atoms with Gasteiger partial charge in [0.1, 0.15) is 0 Å². The molecule has 1 amide bonds. The largest absolute Gasteiger partial charge is 0.350 e. The van der Waals surface area contributed by atoms with E-state index >= 15 is 0 Å². The Labute approximate surface area is 148 Å². The first-order valence-electron chi connectivity index (χ1n) is 9.12. The van der Waals surface area contributed by atoms with Gasteiger partial charge in [0.25, 0.3) is 0 Å². The lowest BCUT2D eigenvalue weighted by Crippen LogP contribution is -2.53. The molecule has 1 spiro atoms. The number of amides is 1. The number of hydrogen-bond donors (Lipinski definition) is 1. The Bertz CT molecular complexity index is 736. The van der Waals surface area contributed by atoms with Crippen molar-refractivity contribution in [2.75, 3.05) is 18.0 Å². The average Bonchev–Trinajstić information content (AvgIpc) is 2.99. The molecule has 1 atom stereocenters. The quantitative estimate of drug-likeness (QED) is 0.936. The van der Waals surface area contributed by atoms with Crippen LogP contribution in [-0.2, 0) is 11.2 Å². The predicted octanol–water partition coefficient (Wildman–Crippen LogP) is 2.68. The Hall–Kier alpha value is -2.43. The van der Waals surface area contributed by atoms with Crippen molar-refractivity contribution in [1.29, 1.82) is 0 Å². The molecule has 3 heterocycles. The summed E-state index contributed by atoms with van der Waals surface area (Å²) in [6.45, 7) is 3.85. The maximum absolute atomic E-state index is 12.2. The molecule has 1 aromatic carbocycles. The highest BCUT2D eigenvalue weighted by Gasteiger charge is 2.48. The molecular weight excluding hydrogens is 312 g/mol. The molecule has 2 aromatic rings. The third kappa shape index (κ3) is 2.99. The van der Waals surface area contributed by atoms with Crippen molar-refractivity contribution >= 4 is 11.9 Å². The minimum atomic E-state index is -0.127. The third-order valence-corrected chi connectivity index (χ3v) is 5.69. The second kappa shape index (κ2) is 6.47. The Balaban J connectivity index is 1.51. The fraction of sp³-hybridized carbons (Fsp3) is 0.450. The van der Waals surface area contributed by atoms with Crippen LogP contribution in [0.5, 0.6) is 0 Å². The second-order valence-corrected chi connectivity index (χ2v) is 7.10. The predicted molar refractivity (Wildman–Crippen MR) is 97.5 cm³/mol. The first-order chi connectivity index (χ1) is 12.2. The number of rotatable bonds is 3. The van der Waals surface area contributed by atoms with Gasteiger partial charge in [-0.1, -0.05) is 37.3 Å². The van der Waals surface area contributed by atoms with Gasteiger partial charge >= 0.3 is 0 Å². The number of piperidine rings is 1. The highest BCUT2D eigenvalue weighted by Crippen LogP contribution is 2.43. The smallest absolute Gasteiger partial charge is 0.225 e. The summed E-state index contributed by atoms with van der Waals surface area (Å²) in [5, 5.41) is 3.30. The van der Waals surface area contributed by atoms with E-state index in [0.717, 1.165) is 43.9 Å². The Morgan fingerprint density at radius 1 is 1.16 bits per heavy atom. The molecule has 25 heavy (non-hydrogen) atoms. The van der Waals surface area contributed by atoms with Crippen molar-refractivity contribution < 1.29 is 4.79 Å². The molecule has 1 aromatic heterocycles. The van der Waals surface area contributed by atoms with E-state index in [4.69, 9.17) is 0 Å². The number of benzene rings is 1. The Morgan fingerprint density at radius 2 is 1.84 bits per heavy atom. The minimum Gasteiger partial charge on any atom is -0.350 e. The van der Waals surface area contributed by atoms with Crippen LogP contribution in [0.15, 0.2) is 42.7 Å². The van der Waals surface area contributed by atoms with Gasteiger partial charge in [-0.25, -0.2) is 9.97 Å². The van der Waals surface area contributed by atoms with Gasteiger partial charge in [-0.2, -0.15) is 0 Å². The third-order valence-electron chi connectivity index (χ3n) is 5.69. The summed E-state index contributed by atoms with van der Waals surface area (Å²) in [5.41, 5.74) is 2.29. The van der Waals surface area contributed by atoms with Crippen molar-refractivity contribution in [3.05, 3.63) is 53.9 Å². The summed E-state index contributed by atoms with van der Waals surface area (Å²) in [7, 11) is 0. The van der Waals surface area contributed by atoms with Gasteiger partial charge < -0.3 is 10.2 Å². The Kier molecular flexibility index (Phi) is 4.15. The SMILES string of the molecule is CCc1cnc(N2CCC3(CC2)NC(=O)CC3c2ccccc2)nc1. The maximum atomic E-state index is 12.2. The molecule has 2 aliphatic heterocycles. The molecule has 1 N–H and O–H groups in total. The van der Waals surface area contributed by atoms with E-state index in [0.29, 0.717) is 6.42 Å². The van der Waals surface area contributed by atoms with Gasteiger partial charge in [0, 0.05) is 37.8 Å². The number of carbonyl (C=O) groups excluding carboxylic acids is 1. The fourth-order valence-corrected chi connectivity index (χ4v) is 4.19. The summed E-state index contributed by atoms with van der Waals surface area (Å²) in [5.74, 6) is 1.23. The van der Waals surface area contributed by atoms with E-state index in [2.05, 4.69) is 51.4 Å². The van der Waals surface area contributed by atoms with Crippen LogP contribution in [0.3, 0.4) is 0 Å². The summed E-state index contributed by atoms with van der Waals surface area (Å²) in [6, 6.07) is 10.4. The molecule has 1 unspecified atom stereocenters. The molecular formula is C20H24N4O. The standard InChI is InChI=1S/C20H24N4O/c1-2-15-13-21-19(22-14-15)24-10-8-20(9-11-24)17(12-18(25)23-20)16-6-4-3-5-7-16/h3-7,13-14,17H,2,8-12H2,1H3,(H,23,25). The van der Waals surface area contributed by atoms with Crippen LogP contribution in [0, 0.1) is 0 Å². The van der Waals surface area contributed by atoms with Gasteiger partial charge in [0.2, 0.25) is 11.9 Å². The zero-order valence-electron chi connectivity index (χ0n) is 14.6. The summed E-state index contributed by atoms with van der Waals surface area (Å²) >= 11 is 0. The van der Waals surface area contributed by atoms with E-state index in [1.807, 2.05) is 18.5 Å². The van der Waals surface area contributed by atoms with Gasteiger partial charge in [0.05, 0.1) is 5.54 Å². The first-order valence-corrected chi connectivity index (χ1v) is 9.12. The van der Waals surface area contributed by atoms with Crippen molar-refractivity contribution in [3.63, 3.8) is 0 Å². The molecule has 0 radical (unpaired) electrons. The van der Waals surface area contributed by atoms with E-state index in [-0.39, 0.29) is 17.4 Å². The molecule has 4 rings (SSSR count). The van der Waals surface area contributed by atoms with E-state index in [1.54, 1.807) is 0 Å². The molecule has 0 saturated carbocycles. The molecule has 2 aliphatic rings. The number of aromatic nitrogens is 2. The Morgan fingerprint density at radius 3 is 2.48 bits per heavy atom. The van der Waals surface area contributed by atoms with Gasteiger partial charge in [-0.3, -0.25) is 4.79 Å². The van der Waals surface area contributed by atoms with Crippen LogP contribution in [0.4, 0.5) is 5.95 Å². The minimum absolute atomic E-state index is 0.127. The highest BCUT2D eigenvalue weighted by molar-refractivity contribution is 5.81. The number of carbonyl (C=O) groups is 1. The van der Waals surface area contributed by atoms with Crippen molar-refractivity contribution in [2.24, 2.45) is 0 Å². The topological polar surface area (TPSA) is 58.1 Å². The monoisotopic (exact) mass is 336 g/mol. The van der Waals surface area contributed by atoms with Crippen LogP contribution in [-0.4, -0.2) is 34.5 Å². The summed E-state index contributed by atoms with van der Waals surface area (Å²) in [6.07, 6.45) is 7.22. The van der Waals surface area contributed by atoms with E-state index in [1.165, 1.54) is 5.56 Å². The molecule has 5 nitrogen and oxygen atoms in total. The lowest BCUT2D eigenvalue weighted by Gasteiger charge is -2.43. The maximum Gasteiger partial charge on any atom is 0.225 e. The van der Waals surface area contributed by atoms with E-state index in [9.17, 15) is 4.79 Å². The zero-order valence-corrected chi connectivity index (χ0v) is 14.6. The zero-order chi connectivity index (χ0) is 17.3. The molecule has 0 aliphatic carbocycles. The van der Waals surface area contributed by atoms with Crippen LogP contribution in [0.25, 0.3) is 0 Å². The van der Waals surface area contributed by atoms with Crippen LogP contribution in [0.2, 0.25) is 0 Å². The van der Waals surface area contributed by atoms with Crippen molar-refractivity contribution in [2.45, 2.75) is 44.1 Å². The highest BCUT2D eigenvalue weighted by atomic mass is 16.2. The summed E-state index contributed by atoms with van der Waals surface area (Å²) in [4.78, 5) is 23.4. The lowest BCUT2D eigenvalue weighted by atomic mass is 9.74. The molecule has 2 fully saturated rings. The van der Waals surface area contributed by atoms with Crippen LogP contribution in [0.1, 0.15) is 43.2 Å². The molecule has 130 valence electrons. The summed E-state index contributed by atoms with van der Waals surface area (Å²) < 4.78 is 0. The fourth-order valence-electron chi connectivity index (χ4n) is 4.19. The number of aryl methyl sites for hydroxylation is 1. The molecule has 2 saturated heterocycles.